The van der Waals surface area contributed by atoms with E-state index in [1.54, 1.807) is 4.90 Å². The number of amides is 1. The monoisotopic (exact) mass is 354 g/mol. The number of carbonyl (C=O) groups is 1. The zero-order chi connectivity index (χ0) is 15.5. The molecule has 1 fully saturated rings. The third kappa shape index (κ3) is 4.80. The molecule has 1 aromatic rings. The average Bonchev–Trinajstić information content (AvgIpc) is 2.40. The molecule has 0 aromatic heterocycles. The predicted molar refractivity (Wildman–Crippen MR) is 86.9 cm³/mol. The van der Waals surface area contributed by atoms with Gasteiger partial charge in [-0.2, -0.15) is 0 Å². The molecular weight excluding hydrogens is 332 g/mol. The number of hydrogen-bond donors (Lipinski definition) is 1. The zero-order valence-electron chi connectivity index (χ0n) is 12.7. The van der Waals surface area contributed by atoms with Crippen molar-refractivity contribution >= 4 is 21.8 Å². The highest BCUT2D eigenvalue weighted by atomic mass is 79.9. The molecule has 1 aliphatic heterocycles. The molecule has 1 N–H and O–H groups in total. The summed E-state index contributed by atoms with van der Waals surface area (Å²) in [6.07, 6.45) is 1.75. The Morgan fingerprint density at radius 3 is 2.86 bits per heavy atom. The van der Waals surface area contributed by atoms with Crippen LogP contribution in [-0.4, -0.2) is 53.1 Å². The van der Waals surface area contributed by atoms with Crippen LogP contribution in [0.3, 0.4) is 0 Å². The molecule has 2 rings (SSSR count). The van der Waals surface area contributed by atoms with Crippen LogP contribution in [0.4, 0.5) is 0 Å². The Labute approximate surface area is 134 Å². The smallest absolute Gasteiger partial charge is 0.236 e. The number of likely N-dealkylation sites (tertiary alicyclic amines) is 1. The van der Waals surface area contributed by atoms with Gasteiger partial charge < -0.3 is 10.0 Å². The van der Waals surface area contributed by atoms with Crippen LogP contribution >= 0.6 is 15.9 Å². The van der Waals surface area contributed by atoms with Crippen LogP contribution in [0.25, 0.3) is 0 Å². The normalized spacial score (nSPS) is 23.0. The largest absolute Gasteiger partial charge is 0.389 e. The Kier molecular flexibility index (Phi) is 5.41. The highest BCUT2D eigenvalue weighted by Gasteiger charge is 2.29. The molecule has 1 amide bonds. The van der Waals surface area contributed by atoms with Gasteiger partial charge in [-0.3, -0.25) is 9.69 Å². The Hall–Kier alpha value is -0.910. The van der Waals surface area contributed by atoms with Crippen molar-refractivity contribution in [1.82, 2.24) is 9.80 Å². The third-order valence-corrected chi connectivity index (χ3v) is 4.68. The van der Waals surface area contributed by atoms with E-state index in [-0.39, 0.29) is 5.91 Å². The summed E-state index contributed by atoms with van der Waals surface area (Å²) in [7, 11) is 1.82. The molecule has 0 saturated carbocycles. The summed E-state index contributed by atoms with van der Waals surface area (Å²) in [5.41, 5.74) is 0.429. The Bertz CT molecular complexity index is 505. The fourth-order valence-corrected chi connectivity index (χ4v) is 3.15. The predicted octanol–water partition coefficient (Wildman–Crippen LogP) is 2.25. The van der Waals surface area contributed by atoms with Crippen molar-refractivity contribution in [3.63, 3.8) is 0 Å². The molecule has 0 spiro atoms. The first kappa shape index (κ1) is 16.5. The van der Waals surface area contributed by atoms with Crippen molar-refractivity contribution in [1.29, 1.82) is 0 Å². The molecule has 116 valence electrons. The van der Waals surface area contributed by atoms with E-state index in [2.05, 4.69) is 15.9 Å². The van der Waals surface area contributed by atoms with Gasteiger partial charge in [0.25, 0.3) is 0 Å². The number of β-amino-alcohol motifs (C(OH)–C–C–N with tert-alkyl or cyclic N) is 1. The van der Waals surface area contributed by atoms with Crippen molar-refractivity contribution in [2.75, 3.05) is 26.7 Å². The molecule has 1 aliphatic rings. The summed E-state index contributed by atoms with van der Waals surface area (Å²) in [5, 5.41) is 10.1. The second-order valence-corrected chi connectivity index (χ2v) is 7.01. The number of carbonyl (C=O) groups excluding carboxylic acids is 1. The van der Waals surface area contributed by atoms with Gasteiger partial charge in [0.15, 0.2) is 0 Å². The van der Waals surface area contributed by atoms with Gasteiger partial charge in [-0.1, -0.05) is 34.1 Å². The molecule has 1 saturated heterocycles. The van der Waals surface area contributed by atoms with Gasteiger partial charge in [-0.25, -0.2) is 0 Å². The van der Waals surface area contributed by atoms with E-state index >= 15 is 0 Å². The number of nitrogens with zero attached hydrogens (tertiary/aromatic N) is 2. The number of aliphatic hydroxyl groups is 1. The summed E-state index contributed by atoms with van der Waals surface area (Å²) in [6, 6.07) is 7.93. The summed E-state index contributed by atoms with van der Waals surface area (Å²) in [5.74, 6) is 0.0865. The van der Waals surface area contributed by atoms with Crippen LogP contribution in [-0.2, 0) is 11.3 Å². The number of piperidine rings is 1. The van der Waals surface area contributed by atoms with Crippen LogP contribution in [0.15, 0.2) is 28.7 Å². The van der Waals surface area contributed by atoms with Crippen LogP contribution in [0.1, 0.15) is 25.3 Å². The fraction of sp³-hybridized carbons (Fsp3) is 0.562. The topological polar surface area (TPSA) is 43.8 Å². The van der Waals surface area contributed by atoms with E-state index in [0.29, 0.717) is 19.6 Å². The minimum Gasteiger partial charge on any atom is -0.389 e. The van der Waals surface area contributed by atoms with Crippen molar-refractivity contribution in [2.45, 2.75) is 31.9 Å². The van der Waals surface area contributed by atoms with Gasteiger partial charge in [-0.05, 0) is 37.9 Å². The molecule has 4 nitrogen and oxygen atoms in total. The molecule has 1 unspecified atom stereocenters. The Balaban J connectivity index is 1.89. The first-order valence-corrected chi connectivity index (χ1v) is 8.09. The summed E-state index contributed by atoms with van der Waals surface area (Å²) in [6.45, 7) is 4.25. The highest BCUT2D eigenvalue weighted by molar-refractivity contribution is 9.10. The molecule has 0 bridgehead atoms. The van der Waals surface area contributed by atoms with Crippen molar-refractivity contribution in [2.24, 2.45) is 0 Å². The molecule has 0 radical (unpaired) electrons. The van der Waals surface area contributed by atoms with Crippen molar-refractivity contribution < 1.29 is 9.90 Å². The van der Waals surface area contributed by atoms with Gasteiger partial charge in [0, 0.05) is 24.6 Å². The van der Waals surface area contributed by atoms with E-state index in [9.17, 15) is 9.90 Å². The second-order valence-electron chi connectivity index (χ2n) is 6.15. The lowest BCUT2D eigenvalue weighted by Crippen LogP contribution is -2.49. The fourth-order valence-electron chi connectivity index (χ4n) is 2.74. The van der Waals surface area contributed by atoms with Gasteiger partial charge >= 0.3 is 0 Å². The summed E-state index contributed by atoms with van der Waals surface area (Å²) < 4.78 is 1.02. The molecular formula is C16H23BrN2O2. The third-order valence-electron chi connectivity index (χ3n) is 3.90. The van der Waals surface area contributed by atoms with Crippen LogP contribution < -0.4 is 0 Å². The van der Waals surface area contributed by atoms with Gasteiger partial charge in [-0.15, -0.1) is 0 Å². The first-order valence-electron chi connectivity index (χ1n) is 7.29. The number of rotatable bonds is 4. The molecule has 21 heavy (non-hydrogen) atoms. The highest BCUT2D eigenvalue weighted by Crippen LogP contribution is 2.21. The average molecular weight is 355 g/mol. The number of hydrogen-bond acceptors (Lipinski definition) is 3. The maximum absolute atomic E-state index is 12.3. The van der Waals surface area contributed by atoms with E-state index in [4.69, 9.17) is 0 Å². The minimum atomic E-state index is -0.667. The van der Waals surface area contributed by atoms with Crippen molar-refractivity contribution in [3.05, 3.63) is 34.3 Å². The van der Waals surface area contributed by atoms with E-state index in [0.717, 1.165) is 29.4 Å². The summed E-state index contributed by atoms with van der Waals surface area (Å²) in [4.78, 5) is 16.1. The molecule has 0 aliphatic carbocycles. The maximum atomic E-state index is 12.3. The van der Waals surface area contributed by atoms with E-state index in [1.807, 2.05) is 43.1 Å². The molecule has 1 atom stereocenters. The Morgan fingerprint density at radius 1 is 1.48 bits per heavy atom. The van der Waals surface area contributed by atoms with Gasteiger partial charge in [0.2, 0.25) is 5.91 Å². The van der Waals surface area contributed by atoms with Gasteiger partial charge in [0.05, 0.1) is 12.1 Å². The first-order chi connectivity index (χ1) is 9.87. The zero-order valence-corrected chi connectivity index (χ0v) is 14.3. The maximum Gasteiger partial charge on any atom is 0.236 e. The quantitative estimate of drug-likeness (QED) is 0.901. The lowest BCUT2D eigenvalue weighted by molar-refractivity contribution is -0.133. The lowest BCUT2D eigenvalue weighted by atomic mass is 9.95. The minimum absolute atomic E-state index is 0.0865. The number of likely N-dealkylation sites (N-methyl/N-ethyl adjacent to an activating group) is 1. The van der Waals surface area contributed by atoms with Crippen molar-refractivity contribution in [3.8, 4) is 0 Å². The standard InChI is InChI=1S/C16H23BrN2O2/c1-16(21)8-5-9-19(12-16)11-15(20)18(2)10-13-6-3-4-7-14(13)17/h3-4,6-7,21H,5,8-12H2,1-2H3. The SMILES string of the molecule is CN(Cc1ccccc1Br)C(=O)CN1CCCC(C)(O)C1. The van der Waals surface area contributed by atoms with E-state index < -0.39 is 5.60 Å². The molecule has 5 heteroatoms. The van der Waals surface area contributed by atoms with Crippen LogP contribution in [0, 0.1) is 0 Å². The summed E-state index contributed by atoms with van der Waals surface area (Å²) >= 11 is 3.51. The number of halogens is 1. The van der Waals surface area contributed by atoms with Gasteiger partial charge in [0.1, 0.15) is 0 Å². The van der Waals surface area contributed by atoms with E-state index in [1.165, 1.54) is 0 Å². The number of benzene rings is 1. The molecule has 1 heterocycles. The Morgan fingerprint density at radius 2 is 2.19 bits per heavy atom. The van der Waals surface area contributed by atoms with Crippen LogP contribution in [0.2, 0.25) is 0 Å². The van der Waals surface area contributed by atoms with Crippen LogP contribution in [0.5, 0.6) is 0 Å². The second kappa shape index (κ2) is 6.90. The lowest BCUT2D eigenvalue weighted by Gasteiger charge is -2.37. The molecule has 1 aromatic carbocycles.